The summed E-state index contributed by atoms with van der Waals surface area (Å²) in [6.07, 6.45) is 1.32. The summed E-state index contributed by atoms with van der Waals surface area (Å²) in [4.78, 5) is 34.0. The molecule has 0 saturated heterocycles. The number of amides is 1. The molecule has 0 fully saturated rings. The molecule has 0 heterocycles. The molecule has 1 amide bonds. The lowest BCUT2D eigenvalue weighted by Crippen LogP contribution is -2.33. The lowest BCUT2D eigenvalue weighted by Gasteiger charge is -2.09. The first-order chi connectivity index (χ1) is 9.86. The van der Waals surface area contributed by atoms with E-state index in [-0.39, 0.29) is 24.2 Å². The van der Waals surface area contributed by atoms with E-state index in [1.807, 2.05) is 12.1 Å². The van der Waals surface area contributed by atoms with Gasteiger partial charge in [0.1, 0.15) is 0 Å². The highest BCUT2D eigenvalue weighted by Crippen LogP contribution is 2.25. The normalized spacial score (nSPS) is 17.9. The Labute approximate surface area is 123 Å². The van der Waals surface area contributed by atoms with Crippen molar-refractivity contribution in [3.63, 3.8) is 0 Å². The molecule has 0 spiro atoms. The Morgan fingerprint density at radius 3 is 2.57 bits per heavy atom. The van der Waals surface area contributed by atoms with Gasteiger partial charge in [0.25, 0.3) is 0 Å². The second-order valence-electron chi connectivity index (χ2n) is 5.65. The van der Waals surface area contributed by atoms with Gasteiger partial charge in [-0.25, -0.2) is 0 Å². The van der Waals surface area contributed by atoms with Crippen LogP contribution in [0.2, 0.25) is 0 Å². The summed E-state index contributed by atoms with van der Waals surface area (Å²) in [5.41, 5.74) is 2.74. The first-order valence-electron chi connectivity index (χ1n) is 7.01. The summed E-state index contributed by atoms with van der Waals surface area (Å²) >= 11 is 0. The number of rotatable bonds is 5. The summed E-state index contributed by atoms with van der Waals surface area (Å²) in [5.74, 6) is -1.71. The van der Waals surface area contributed by atoms with Crippen molar-refractivity contribution in [3.05, 3.63) is 34.9 Å². The first kappa shape index (κ1) is 15.2. The van der Waals surface area contributed by atoms with Gasteiger partial charge in [0.05, 0.1) is 6.42 Å². The van der Waals surface area contributed by atoms with E-state index in [2.05, 4.69) is 5.32 Å². The Bertz CT molecular complexity index is 594. The molecule has 0 radical (unpaired) electrons. The van der Waals surface area contributed by atoms with Gasteiger partial charge in [0.2, 0.25) is 5.91 Å². The van der Waals surface area contributed by atoms with Crippen molar-refractivity contribution in [2.45, 2.75) is 39.2 Å². The van der Waals surface area contributed by atoms with Gasteiger partial charge < -0.3 is 10.4 Å². The predicted molar refractivity (Wildman–Crippen MR) is 77.2 cm³/mol. The SMILES string of the molecule is CC(=O)NC1Cc2ccc(C(=O)C(C)CC(=O)O)cc2C1. The molecule has 2 atom stereocenters. The van der Waals surface area contributed by atoms with Gasteiger partial charge >= 0.3 is 5.97 Å². The number of Topliss-reactive ketones (excluding diaryl/α,β-unsaturated/α-hetero) is 1. The van der Waals surface area contributed by atoms with E-state index in [0.29, 0.717) is 12.0 Å². The Kier molecular flexibility index (Phi) is 4.40. The Hall–Kier alpha value is -2.17. The molecule has 0 aliphatic heterocycles. The van der Waals surface area contributed by atoms with Crippen LogP contribution in [0.4, 0.5) is 0 Å². The summed E-state index contributed by atoms with van der Waals surface area (Å²) in [7, 11) is 0. The zero-order valence-corrected chi connectivity index (χ0v) is 12.2. The molecule has 0 aromatic heterocycles. The van der Waals surface area contributed by atoms with Crippen molar-refractivity contribution in [2.24, 2.45) is 5.92 Å². The van der Waals surface area contributed by atoms with E-state index in [1.54, 1.807) is 13.0 Å². The summed E-state index contributed by atoms with van der Waals surface area (Å²) in [6, 6.07) is 5.56. The third-order valence-electron chi connectivity index (χ3n) is 3.76. The van der Waals surface area contributed by atoms with Crippen LogP contribution >= 0.6 is 0 Å². The number of carbonyl (C=O) groups excluding carboxylic acids is 2. The number of carbonyl (C=O) groups is 3. The fourth-order valence-electron chi connectivity index (χ4n) is 2.80. The van der Waals surface area contributed by atoms with Crippen molar-refractivity contribution in [2.75, 3.05) is 0 Å². The Balaban J connectivity index is 2.11. The molecule has 112 valence electrons. The van der Waals surface area contributed by atoms with Crippen LogP contribution in [0.5, 0.6) is 0 Å². The zero-order valence-electron chi connectivity index (χ0n) is 12.2. The fraction of sp³-hybridized carbons (Fsp3) is 0.438. The molecule has 1 aliphatic carbocycles. The quantitative estimate of drug-likeness (QED) is 0.806. The Morgan fingerprint density at radius 1 is 1.29 bits per heavy atom. The molecule has 1 aromatic rings. The van der Waals surface area contributed by atoms with E-state index in [1.165, 1.54) is 6.92 Å². The van der Waals surface area contributed by atoms with E-state index in [9.17, 15) is 14.4 Å². The minimum atomic E-state index is -0.970. The molecule has 2 N–H and O–H groups in total. The van der Waals surface area contributed by atoms with Gasteiger partial charge in [-0.15, -0.1) is 0 Å². The molecule has 0 saturated carbocycles. The van der Waals surface area contributed by atoms with Crippen molar-refractivity contribution < 1.29 is 19.5 Å². The van der Waals surface area contributed by atoms with Crippen molar-refractivity contribution in [1.29, 1.82) is 0 Å². The maximum absolute atomic E-state index is 12.2. The van der Waals surface area contributed by atoms with Crippen molar-refractivity contribution in [3.8, 4) is 0 Å². The first-order valence-corrected chi connectivity index (χ1v) is 7.01. The minimum absolute atomic E-state index is 0.0563. The van der Waals surface area contributed by atoms with Crippen LogP contribution in [0.25, 0.3) is 0 Å². The number of hydrogen-bond donors (Lipinski definition) is 2. The van der Waals surface area contributed by atoms with Gasteiger partial charge in [0, 0.05) is 24.4 Å². The van der Waals surface area contributed by atoms with E-state index >= 15 is 0 Å². The maximum atomic E-state index is 12.2. The molecule has 0 bridgehead atoms. The highest BCUT2D eigenvalue weighted by Gasteiger charge is 2.24. The van der Waals surface area contributed by atoms with Crippen molar-refractivity contribution >= 4 is 17.7 Å². The number of benzene rings is 1. The number of carboxylic acids is 1. The molecule has 5 heteroatoms. The van der Waals surface area contributed by atoms with Crippen LogP contribution < -0.4 is 5.32 Å². The number of aliphatic carboxylic acids is 1. The van der Waals surface area contributed by atoms with Crippen LogP contribution in [-0.4, -0.2) is 28.8 Å². The largest absolute Gasteiger partial charge is 0.481 e. The zero-order chi connectivity index (χ0) is 15.6. The Morgan fingerprint density at radius 2 is 1.95 bits per heavy atom. The van der Waals surface area contributed by atoms with Crippen LogP contribution in [0.3, 0.4) is 0 Å². The van der Waals surface area contributed by atoms with E-state index < -0.39 is 11.9 Å². The van der Waals surface area contributed by atoms with Crippen LogP contribution in [0.15, 0.2) is 18.2 Å². The third kappa shape index (κ3) is 3.68. The molecule has 21 heavy (non-hydrogen) atoms. The van der Waals surface area contributed by atoms with Gasteiger partial charge in [-0.2, -0.15) is 0 Å². The highest BCUT2D eigenvalue weighted by molar-refractivity contribution is 5.99. The second kappa shape index (κ2) is 6.08. The molecular weight excluding hydrogens is 270 g/mol. The van der Waals surface area contributed by atoms with Gasteiger partial charge in [-0.05, 0) is 30.0 Å². The fourth-order valence-corrected chi connectivity index (χ4v) is 2.80. The van der Waals surface area contributed by atoms with Crippen molar-refractivity contribution in [1.82, 2.24) is 5.32 Å². The van der Waals surface area contributed by atoms with Crippen LogP contribution in [0.1, 0.15) is 41.8 Å². The van der Waals surface area contributed by atoms with Gasteiger partial charge in [-0.3, -0.25) is 14.4 Å². The number of fused-ring (bicyclic) bond motifs is 1. The summed E-state index contributed by atoms with van der Waals surface area (Å²) < 4.78 is 0. The average Bonchev–Trinajstić information content (AvgIpc) is 2.76. The van der Waals surface area contributed by atoms with E-state index in [0.717, 1.165) is 17.5 Å². The molecular formula is C16H19NO4. The van der Waals surface area contributed by atoms with Crippen LogP contribution in [0, 0.1) is 5.92 Å². The van der Waals surface area contributed by atoms with Crippen LogP contribution in [-0.2, 0) is 22.4 Å². The molecule has 2 unspecified atom stereocenters. The van der Waals surface area contributed by atoms with Gasteiger partial charge in [0.15, 0.2) is 5.78 Å². The number of hydrogen-bond acceptors (Lipinski definition) is 3. The predicted octanol–water partition coefficient (Wildman–Crippen LogP) is 1.58. The topological polar surface area (TPSA) is 83.5 Å². The highest BCUT2D eigenvalue weighted by atomic mass is 16.4. The number of nitrogens with one attached hydrogen (secondary N) is 1. The third-order valence-corrected chi connectivity index (χ3v) is 3.76. The summed E-state index contributed by atoms with van der Waals surface area (Å²) in [6.45, 7) is 3.12. The minimum Gasteiger partial charge on any atom is -0.481 e. The number of carboxylic acid groups (broad SMARTS) is 1. The second-order valence-corrected chi connectivity index (χ2v) is 5.65. The van der Waals surface area contributed by atoms with Gasteiger partial charge in [-0.1, -0.05) is 19.1 Å². The number of ketones is 1. The molecule has 2 rings (SSSR count). The molecule has 1 aliphatic rings. The summed E-state index contributed by atoms with van der Waals surface area (Å²) in [5, 5.41) is 11.6. The average molecular weight is 289 g/mol. The smallest absolute Gasteiger partial charge is 0.304 e. The lowest BCUT2D eigenvalue weighted by molar-refractivity contribution is -0.137. The standard InChI is InChI=1S/C16H19NO4/c1-9(5-15(19)20)16(21)12-4-3-11-7-14(17-10(2)18)8-13(11)6-12/h3-4,6,9,14H,5,7-8H2,1-2H3,(H,17,18)(H,19,20). The lowest BCUT2D eigenvalue weighted by atomic mass is 9.94. The molecule has 5 nitrogen and oxygen atoms in total. The maximum Gasteiger partial charge on any atom is 0.304 e. The van der Waals surface area contributed by atoms with E-state index in [4.69, 9.17) is 5.11 Å². The monoisotopic (exact) mass is 289 g/mol. The molecule has 1 aromatic carbocycles.